The fourth-order valence-electron chi connectivity index (χ4n) is 2.38. The van der Waals surface area contributed by atoms with Gasteiger partial charge in [0.1, 0.15) is 5.82 Å². The number of fused-ring (bicyclic) bond motifs is 1. The van der Waals surface area contributed by atoms with Crippen LogP contribution in [0.5, 0.6) is 0 Å². The highest BCUT2D eigenvalue weighted by Gasteiger charge is 2.39. The van der Waals surface area contributed by atoms with Gasteiger partial charge in [-0.05, 0) is 43.4 Å². The van der Waals surface area contributed by atoms with Crippen LogP contribution in [0.4, 0.5) is 10.1 Å². The SMILES string of the molecule is CC1C(=O)Nc2c(F)cc(CC3(N)CC3)cc21. The number of benzene rings is 1. The number of rotatable bonds is 2. The number of carbonyl (C=O) groups is 1. The average Bonchev–Trinajstić information content (AvgIpc) is 2.90. The number of carbonyl (C=O) groups excluding carboxylic acids is 1. The van der Waals surface area contributed by atoms with Crippen LogP contribution in [-0.4, -0.2) is 11.4 Å². The lowest BCUT2D eigenvalue weighted by Crippen LogP contribution is -2.24. The van der Waals surface area contributed by atoms with Gasteiger partial charge in [0, 0.05) is 5.54 Å². The summed E-state index contributed by atoms with van der Waals surface area (Å²) in [7, 11) is 0. The minimum absolute atomic E-state index is 0.134. The predicted molar refractivity (Wildman–Crippen MR) is 63.3 cm³/mol. The highest BCUT2D eigenvalue weighted by molar-refractivity contribution is 6.02. The maximum absolute atomic E-state index is 13.8. The van der Waals surface area contributed by atoms with E-state index in [9.17, 15) is 9.18 Å². The first-order valence-electron chi connectivity index (χ1n) is 5.91. The molecule has 1 unspecified atom stereocenters. The second kappa shape index (κ2) is 3.29. The van der Waals surface area contributed by atoms with E-state index in [0.29, 0.717) is 12.1 Å². The van der Waals surface area contributed by atoms with Crippen molar-refractivity contribution < 1.29 is 9.18 Å². The lowest BCUT2D eigenvalue weighted by Gasteiger charge is -2.11. The average molecular weight is 234 g/mol. The van der Waals surface area contributed by atoms with Crippen LogP contribution in [0, 0.1) is 5.82 Å². The third-order valence-corrected chi connectivity index (χ3v) is 3.74. The number of halogens is 1. The van der Waals surface area contributed by atoms with E-state index in [4.69, 9.17) is 5.73 Å². The van der Waals surface area contributed by atoms with Crippen molar-refractivity contribution >= 4 is 11.6 Å². The van der Waals surface area contributed by atoms with Gasteiger partial charge >= 0.3 is 0 Å². The molecule has 1 aromatic carbocycles. The summed E-state index contributed by atoms with van der Waals surface area (Å²) in [5.74, 6) is -0.753. The zero-order valence-corrected chi connectivity index (χ0v) is 9.72. The second-order valence-electron chi connectivity index (χ2n) is 5.29. The van der Waals surface area contributed by atoms with E-state index in [1.165, 1.54) is 6.07 Å². The lowest BCUT2D eigenvalue weighted by molar-refractivity contribution is -0.116. The Morgan fingerprint density at radius 3 is 2.88 bits per heavy atom. The quantitative estimate of drug-likeness (QED) is 0.821. The minimum atomic E-state index is -0.348. The molecule has 1 aliphatic carbocycles. The summed E-state index contributed by atoms with van der Waals surface area (Å²) in [6.45, 7) is 1.79. The molecule has 17 heavy (non-hydrogen) atoms. The van der Waals surface area contributed by atoms with E-state index < -0.39 is 0 Å². The third-order valence-electron chi connectivity index (χ3n) is 3.74. The van der Waals surface area contributed by atoms with Crippen LogP contribution in [0.3, 0.4) is 0 Å². The van der Waals surface area contributed by atoms with Crippen molar-refractivity contribution in [1.82, 2.24) is 0 Å². The molecule has 1 aromatic rings. The van der Waals surface area contributed by atoms with Crippen LogP contribution in [0.25, 0.3) is 0 Å². The highest BCUT2D eigenvalue weighted by Crippen LogP contribution is 2.39. The Hall–Kier alpha value is -1.42. The maximum atomic E-state index is 13.8. The topological polar surface area (TPSA) is 55.1 Å². The van der Waals surface area contributed by atoms with E-state index in [1.54, 1.807) is 6.92 Å². The molecule has 90 valence electrons. The fourth-order valence-corrected chi connectivity index (χ4v) is 2.38. The molecule has 0 saturated heterocycles. The van der Waals surface area contributed by atoms with Crippen LogP contribution in [0.2, 0.25) is 0 Å². The monoisotopic (exact) mass is 234 g/mol. The van der Waals surface area contributed by atoms with Crippen LogP contribution in [0.15, 0.2) is 12.1 Å². The molecule has 1 aliphatic heterocycles. The molecule has 2 aliphatic rings. The van der Waals surface area contributed by atoms with Gasteiger partial charge in [0.25, 0.3) is 0 Å². The van der Waals surface area contributed by atoms with Crippen molar-refractivity contribution in [3.63, 3.8) is 0 Å². The van der Waals surface area contributed by atoms with Gasteiger partial charge in [-0.25, -0.2) is 4.39 Å². The van der Waals surface area contributed by atoms with E-state index in [0.717, 1.165) is 24.0 Å². The summed E-state index contributed by atoms with van der Waals surface area (Å²) in [6, 6.07) is 3.40. The Labute approximate surface area is 99.2 Å². The van der Waals surface area contributed by atoms with Gasteiger partial charge in [-0.15, -0.1) is 0 Å². The lowest BCUT2D eigenvalue weighted by atomic mass is 9.96. The largest absolute Gasteiger partial charge is 0.325 e. The molecular weight excluding hydrogens is 219 g/mol. The van der Waals surface area contributed by atoms with Crippen LogP contribution < -0.4 is 11.1 Å². The minimum Gasteiger partial charge on any atom is -0.325 e. The zero-order valence-electron chi connectivity index (χ0n) is 9.72. The first-order valence-corrected chi connectivity index (χ1v) is 5.91. The molecule has 0 bridgehead atoms. The molecule has 4 heteroatoms. The standard InChI is InChI=1S/C13H15FN2O/c1-7-9-4-8(6-13(15)2-3-13)5-10(14)11(9)16-12(7)17/h4-5,7H,2-3,6,15H2,1H3,(H,16,17). The molecule has 1 atom stereocenters. The Morgan fingerprint density at radius 1 is 1.53 bits per heavy atom. The van der Waals surface area contributed by atoms with Crippen LogP contribution >= 0.6 is 0 Å². The van der Waals surface area contributed by atoms with Gasteiger partial charge in [-0.1, -0.05) is 6.07 Å². The molecular formula is C13H15FN2O. The highest BCUT2D eigenvalue weighted by atomic mass is 19.1. The van der Waals surface area contributed by atoms with E-state index in [1.807, 2.05) is 6.07 Å². The molecule has 1 amide bonds. The molecule has 1 fully saturated rings. The summed E-state index contributed by atoms with van der Waals surface area (Å²) < 4.78 is 13.8. The van der Waals surface area contributed by atoms with Crippen LogP contribution in [-0.2, 0) is 11.2 Å². The van der Waals surface area contributed by atoms with Crippen molar-refractivity contribution in [3.8, 4) is 0 Å². The Morgan fingerprint density at radius 2 is 2.24 bits per heavy atom. The summed E-state index contributed by atoms with van der Waals surface area (Å²) in [5, 5.41) is 2.58. The summed E-state index contributed by atoms with van der Waals surface area (Å²) >= 11 is 0. The van der Waals surface area contributed by atoms with E-state index in [2.05, 4.69) is 5.32 Å². The predicted octanol–water partition coefficient (Wildman–Crippen LogP) is 1.92. The number of hydrogen-bond donors (Lipinski definition) is 2. The molecule has 3 nitrogen and oxygen atoms in total. The smallest absolute Gasteiger partial charge is 0.231 e. The Bertz CT molecular complexity index is 508. The molecule has 0 aromatic heterocycles. The van der Waals surface area contributed by atoms with Crippen molar-refractivity contribution in [2.24, 2.45) is 5.73 Å². The number of amides is 1. The number of nitrogens with one attached hydrogen (secondary N) is 1. The van der Waals surface area contributed by atoms with Gasteiger partial charge in [-0.2, -0.15) is 0 Å². The van der Waals surface area contributed by atoms with Gasteiger partial charge in [0.15, 0.2) is 0 Å². The molecule has 0 spiro atoms. The Balaban J connectivity index is 1.99. The van der Waals surface area contributed by atoms with Crippen molar-refractivity contribution in [1.29, 1.82) is 0 Å². The number of anilines is 1. The molecule has 1 heterocycles. The van der Waals surface area contributed by atoms with Gasteiger partial charge in [0.05, 0.1) is 11.6 Å². The molecule has 0 radical (unpaired) electrons. The molecule has 3 rings (SSSR count). The fraction of sp³-hybridized carbons (Fsp3) is 0.462. The number of nitrogens with two attached hydrogens (primary N) is 1. The second-order valence-corrected chi connectivity index (χ2v) is 5.29. The van der Waals surface area contributed by atoms with Crippen LogP contribution in [0.1, 0.15) is 36.8 Å². The van der Waals surface area contributed by atoms with Gasteiger partial charge < -0.3 is 11.1 Å². The van der Waals surface area contributed by atoms with Gasteiger partial charge in [-0.3, -0.25) is 4.79 Å². The normalized spacial score (nSPS) is 24.4. The van der Waals surface area contributed by atoms with Crippen molar-refractivity contribution in [2.75, 3.05) is 5.32 Å². The van der Waals surface area contributed by atoms with Crippen molar-refractivity contribution in [3.05, 3.63) is 29.1 Å². The summed E-state index contributed by atoms with van der Waals surface area (Å²) in [6.07, 6.45) is 2.69. The van der Waals surface area contributed by atoms with E-state index in [-0.39, 0.29) is 23.2 Å². The van der Waals surface area contributed by atoms with E-state index >= 15 is 0 Å². The third kappa shape index (κ3) is 1.72. The summed E-state index contributed by atoms with van der Waals surface area (Å²) in [4.78, 5) is 11.5. The van der Waals surface area contributed by atoms with Crippen molar-refractivity contribution in [2.45, 2.75) is 37.6 Å². The molecule has 3 N–H and O–H groups in total. The zero-order chi connectivity index (χ0) is 12.2. The van der Waals surface area contributed by atoms with Gasteiger partial charge in [0.2, 0.25) is 5.91 Å². The summed E-state index contributed by atoms with van der Waals surface area (Å²) in [5.41, 5.74) is 7.88. The first-order chi connectivity index (χ1) is 7.98. The Kier molecular flexibility index (Phi) is 2.08. The molecule has 1 saturated carbocycles. The number of hydrogen-bond acceptors (Lipinski definition) is 2. The first kappa shape index (κ1) is 10.7. The maximum Gasteiger partial charge on any atom is 0.231 e.